The number of rotatable bonds is 1. The van der Waals surface area contributed by atoms with Gasteiger partial charge in [-0.05, 0) is 17.4 Å². The van der Waals surface area contributed by atoms with E-state index < -0.39 is 15.5 Å². The van der Waals surface area contributed by atoms with Gasteiger partial charge in [0.1, 0.15) is 5.69 Å². The molecule has 1 aliphatic rings. The molecule has 1 aliphatic heterocycles. The fourth-order valence-electron chi connectivity index (χ4n) is 3.03. The van der Waals surface area contributed by atoms with Crippen LogP contribution in [0.3, 0.4) is 0 Å². The quantitative estimate of drug-likeness (QED) is 0.217. The second kappa shape index (κ2) is 8.44. The van der Waals surface area contributed by atoms with E-state index in [9.17, 15) is 13.0 Å². The maximum Gasteiger partial charge on any atom is 1.00 e. The molecule has 0 N–H and O–H groups in total. The summed E-state index contributed by atoms with van der Waals surface area (Å²) in [6.07, 6.45) is 0. The largest absolute Gasteiger partial charge is 1.00 e. The van der Waals surface area contributed by atoms with Crippen molar-refractivity contribution in [1.82, 2.24) is 0 Å². The molecule has 0 atom stereocenters. The van der Waals surface area contributed by atoms with Crippen LogP contribution in [-0.4, -0.2) is 23.3 Å². The van der Waals surface area contributed by atoms with Gasteiger partial charge in [0.25, 0.3) is 0 Å². The summed E-state index contributed by atoms with van der Waals surface area (Å²) < 4.78 is 36.6. The van der Waals surface area contributed by atoms with Crippen molar-refractivity contribution in [2.24, 2.45) is 0 Å². The van der Waals surface area contributed by atoms with E-state index in [1.165, 1.54) is 6.07 Å². The molecule has 2 aromatic rings. The number of benzene rings is 2. The zero-order valence-electron chi connectivity index (χ0n) is 15.1. The van der Waals surface area contributed by atoms with Crippen molar-refractivity contribution in [3.8, 4) is 0 Å². The van der Waals surface area contributed by atoms with E-state index in [0.717, 1.165) is 17.0 Å². The third kappa shape index (κ3) is 3.87. The average molecular weight is 370 g/mol. The van der Waals surface area contributed by atoms with Crippen LogP contribution >= 0.6 is 0 Å². The fourth-order valence-corrected chi connectivity index (χ4v) is 3.71. The standard InChI is InChI=1S/C16H16NO3S.3Na/c1-10-16(2,3)15-12(17(10)4)9-8-11-6-5-7-13(14(11)15)21(18,19)20;;;/h6-9H,4H2,1-3H3,(H,18,19,20);;;/q-1;3*+1/p-1. The van der Waals surface area contributed by atoms with Crippen LogP contribution in [0.2, 0.25) is 0 Å². The first-order valence-electron chi connectivity index (χ1n) is 6.53. The monoisotopic (exact) mass is 370 g/mol. The molecule has 0 bridgehead atoms. The summed E-state index contributed by atoms with van der Waals surface area (Å²) in [5.41, 5.74) is 2.28. The number of hydrogen-bond donors (Lipinski definition) is 0. The van der Waals surface area contributed by atoms with Crippen LogP contribution in [-0.2, 0) is 15.5 Å². The van der Waals surface area contributed by atoms with Gasteiger partial charge in [-0.1, -0.05) is 19.9 Å². The van der Waals surface area contributed by atoms with Crippen molar-refractivity contribution in [2.75, 3.05) is 0 Å². The Morgan fingerprint density at radius 2 is 1.75 bits per heavy atom. The molecule has 0 aromatic heterocycles. The Bertz CT molecular complexity index is 922. The summed E-state index contributed by atoms with van der Waals surface area (Å²) in [7, 11) is -0.551. The van der Waals surface area contributed by atoms with E-state index in [4.69, 9.17) is 0 Å². The molecule has 8 heteroatoms. The third-order valence-electron chi connectivity index (χ3n) is 4.41. The molecule has 0 saturated carbocycles. The zero-order chi connectivity index (χ0) is 15.6. The Kier molecular flexibility index (Phi) is 8.85. The van der Waals surface area contributed by atoms with Crippen LogP contribution in [0.5, 0.6) is 0 Å². The molecule has 0 fully saturated rings. The Balaban J connectivity index is 0.00000176. The van der Waals surface area contributed by atoms with Gasteiger partial charge in [-0.2, -0.15) is 18.2 Å². The van der Waals surface area contributed by atoms with Gasteiger partial charge in [0.2, 0.25) is 0 Å². The topological polar surface area (TPSA) is 60.2 Å². The summed E-state index contributed by atoms with van der Waals surface area (Å²) in [5, 5.41) is 1.18. The number of fused-ring (bicyclic) bond motifs is 3. The van der Waals surface area contributed by atoms with E-state index in [0.29, 0.717) is 10.8 Å². The normalized spacial score (nSPS) is 15.2. The molecule has 0 unspecified atom stereocenters. The number of hydrogen-bond acceptors (Lipinski definition) is 3. The third-order valence-corrected chi connectivity index (χ3v) is 5.27. The molecular weight excluding hydrogens is 355 g/mol. The molecule has 0 amide bonds. The van der Waals surface area contributed by atoms with Crippen LogP contribution in [0.15, 0.2) is 29.2 Å². The van der Waals surface area contributed by atoms with Gasteiger partial charge < -0.3 is 9.13 Å². The summed E-state index contributed by atoms with van der Waals surface area (Å²) in [5.74, 6) is 0. The van der Waals surface area contributed by atoms with E-state index in [1.807, 2.05) is 26.8 Å². The molecule has 24 heavy (non-hydrogen) atoms. The van der Waals surface area contributed by atoms with Gasteiger partial charge in [0.15, 0.2) is 0 Å². The summed E-state index contributed by atoms with van der Waals surface area (Å²) in [4.78, 5) is -0.215. The Morgan fingerprint density at radius 1 is 1.17 bits per heavy atom. The van der Waals surface area contributed by atoms with Gasteiger partial charge in [-0.25, -0.2) is 0 Å². The van der Waals surface area contributed by atoms with Crippen molar-refractivity contribution >= 4 is 32.3 Å². The van der Waals surface area contributed by atoms with Crippen molar-refractivity contribution in [2.45, 2.75) is 31.1 Å². The van der Waals surface area contributed by atoms with Crippen LogP contribution in [0.4, 0.5) is 5.69 Å². The predicted molar refractivity (Wildman–Crippen MR) is 79.7 cm³/mol. The first kappa shape index (κ1) is 25.1. The first-order chi connectivity index (χ1) is 9.65. The summed E-state index contributed by atoms with van der Waals surface area (Å²) in [6.45, 7) is 5.96. The maximum atomic E-state index is 11.6. The Morgan fingerprint density at radius 3 is 2.29 bits per heavy atom. The first-order valence-corrected chi connectivity index (χ1v) is 7.94. The Hall–Kier alpha value is 1.15. The predicted octanol–water partition coefficient (Wildman–Crippen LogP) is -6.26. The number of nitrogens with zero attached hydrogens (tertiary/aromatic N) is 1. The van der Waals surface area contributed by atoms with Crippen LogP contribution < -0.4 is 88.7 Å². The van der Waals surface area contributed by atoms with Crippen molar-refractivity contribution in [3.63, 3.8) is 0 Å². The molecule has 0 radical (unpaired) electrons. The summed E-state index contributed by atoms with van der Waals surface area (Å²) >= 11 is 0. The second-order valence-corrected chi connectivity index (χ2v) is 7.18. The van der Waals surface area contributed by atoms with Gasteiger partial charge in [-0.15, -0.1) is 16.8 Å². The molecule has 3 rings (SSSR count). The minimum atomic E-state index is -4.57. The van der Waals surface area contributed by atoms with Crippen LogP contribution in [0.25, 0.3) is 10.8 Å². The molecule has 2 aromatic carbocycles. The SMILES string of the molecule is [CH2-][N+]1=C(C)C(C)(C)c2c1ccc1c[c-]cc(S(=O)(=O)[O-])c21.[Na+].[Na+].[Na+]. The van der Waals surface area contributed by atoms with Crippen molar-refractivity contribution in [1.29, 1.82) is 0 Å². The van der Waals surface area contributed by atoms with Crippen LogP contribution in [0.1, 0.15) is 26.3 Å². The molecule has 0 saturated heterocycles. The molecule has 0 aliphatic carbocycles. The molecular formula is C16H15NNa3O3S+. The minimum absolute atomic E-state index is 0. The molecule has 0 spiro atoms. The zero-order valence-corrected chi connectivity index (χ0v) is 21.9. The molecule has 4 nitrogen and oxygen atoms in total. The van der Waals surface area contributed by atoms with Gasteiger partial charge >= 0.3 is 88.7 Å². The maximum absolute atomic E-state index is 11.6. The smallest absolute Gasteiger partial charge is 0.754 e. The van der Waals surface area contributed by atoms with Gasteiger partial charge in [-0.3, -0.25) is 8.42 Å². The van der Waals surface area contributed by atoms with Crippen molar-refractivity contribution in [3.05, 3.63) is 42.9 Å². The van der Waals surface area contributed by atoms with Gasteiger partial charge in [0, 0.05) is 12.5 Å². The van der Waals surface area contributed by atoms with E-state index in [1.54, 1.807) is 16.7 Å². The molecule has 1 heterocycles. The Labute approximate surface area is 209 Å². The van der Waals surface area contributed by atoms with E-state index in [2.05, 4.69) is 13.1 Å². The fraction of sp³-hybridized carbons (Fsp3) is 0.250. The van der Waals surface area contributed by atoms with E-state index >= 15 is 0 Å². The van der Waals surface area contributed by atoms with E-state index in [-0.39, 0.29) is 93.6 Å². The minimum Gasteiger partial charge on any atom is -0.754 e. The van der Waals surface area contributed by atoms with Crippen LogP contribution in [0, 0.1) is 13.1 Å². The summed E-state index contributed by atoms with van der Waals surface area (Å²) in [6, 6.07) is 9.38. The molecule has 110 valence electrons. The average Bonchev–Trinajstić information content (AvgIpc) is 2.58. The second-order valence-electron chi connectivity index (χ2n) is 5.84. The van der Waals surface area contributed by atoms with Crippen molar-refractivity contribution < 1.29 is 106 Å². The van der Waals surface area contributed by atoms with Gasteiger partial charge in [0.05, 0.1) is 15.8 Å².